The molecule has 0 spiro atoms. The highest BCUT2D eigenvalue weighted by molar-refractivity contribution is 7.15. The number of rotatable bonds is 4. The number of carbonyl (C=O) groups excluding carboxylic acids is 1. The summed E-state index contributed by atoms with van der Waals surface area (Å²) in [6, 6.07) is 5.61. The molecule has 3 N–H and O–H groups in total. The second kappa shape index (κ2) is 8.02. The lowest BCUT2D eigenvalue weighted by Crippen LogP contribution is -2.41. The second-order valence-corrected chi connectivity index (χ2v) is 6.68. The zero-order chi connectivity index (χ0) is 17.6. The molecule has 0 saturated carbocycles. The Morgan fingerprint density at radius 2 is 2.36 bits per heavy atom. The van der Waals surface area contributed by atoms with Crippen molar-refractivity contribution in [3.05, 3.63) is 28.8 Å². The number of benzene rings is 1. The molecular weight excluding hydrogens is 342 g/mol. The zero-order valence-electron chi connectivity index (χ0n) is 14.0. The maximum atomic E-state index is 12.5. The van der Waals surface area contributed by atoms with Gasteiger partial charge in [-0.25, -0.2) is 4.79 Å². The van der Waals surface area contributed by atoms with Crippen molar-refractivity contribution in [2.24, 2.45) is 0 Å². The molecule has 3 rings (SSSR count). The third-order valence-electron chi connectivity index (χ3n) is 3.85. The summed E-state index contributed by atoms with van der Waals surface area (Å²) in [5.74, 6) is 1.40. The Balaban J connectivity index is 1.61. The fraction of sp³-hybridized carbons (Fsp3) is 0.438. The molecule has 0 bridgehead atoms. The number of anilines is 1. The number of nitrogens with zero attached hydrogens (tertiary/aromatic N) is 3. The smallest absolute Gasteiger partial charge is 0.317 e. The van der Waals surface area contributed by atoms with E-state index in [0.717, 1.165) is 17.0 Å². The summed E-state index contributed by atoms with van der Waals surface area (Å²) < 4.78 is 11.2. The quantitative estimate of drug-likeness (QED) is 0.856. The largest absolute Gasteiger partial charge is 0.493 e. The number of fused-ring (bicyclic) bond motifs is 1. The van der Waals surface area contributed by atoms with Crippen molar-refractivity contribution >= 4 is 22.5 Å². The molecule has 0 saturated heterocycles. The van der Waals surface area contributed by atoms with E-state index >= 15 is 0 Å². The van der Waals surface area contributed by atoms with Gasteiger partial charge >= 0.3 is 6.03 Å². The first-order valence-corrected chi connectivity index (χ1v) is 8.88. The number of nitrogens with one attached hydrogen (secondary N) is 1. The lowest BCUT2D eigenvalue weighted by Gasteiger charge is -2.27. The van der Waals surface area contributed by atoms with Crippen LogP contribution in [-0.2, 0) is 13.0 Å². The summed E-state index contributed by atoms with van der Waals surface area (Å²) in [5.41, 5.74) is 6.49. The molecule has 0 radical (unpaired) electrons. The molecule has 2 heterocycles. The van der Waals surface area contributed by atoms with Gasteiger partial charge in [-0.2, -0.15) is 0 Å². The van der Waals surface area contributed by atoms with Crippen molar-refractivity contribution in [3.63, 3.8) is 0 Å². The highest BCUT2D eigenvalue weighted by atomic mass is 32.1. The average molecular weight is 363 g/mol. The maximum Gasteiger partial charge on any atom is 0.317 e. The van der Waals surface area contributed by atoms with E-state index in [1.165, 1.54) is 11.3 Å². The number of ether oxygens (including phenoxy) is 2. The van der Waals surface area contributed by atoms with Gasteiger partial charge < -0.3 is 25.4 Å². The van der Waals surface area contributed by atoms with Crippen molar-refractivity contribution in [1.29, 1.82) is 0 Å². The molecule has 1 aliphatic heterocycles. The molecule has 25 heavy (non-hydrogen) atoms. The number of carbonyl (C=O) groups is 1. The predicted octanol–water partition coefficient (Wildman–Crippen LogP) is 1.67. The number of para-hydroxylation sites is 1. The van der Waals surface area contributed by atoms with Crippen molar-refractivity contribution in [3.8, 4) is 11.5 Å². The summed E-state index contributed by atoms with van der Waals surface area (Å²) in [5, 5.41) is 11.9. The second-order valence-electron chi connectivity index (χ2n) is 5.59. The van der Waals surface area contributed by atoms with E-state index in [1.807, 2.05) is 18.2 Å². The minimum absolute atomic E-state index is 0.104. The SMILES string of the molecule is COc1cccc2c1OCCCN(C(=O)NCCc1nnc(N)s1)C2. The molecule has 134 valence electrons. The third-order valence-corrected chi connectivity index (χ3v) is 4.66. The van der Waals surface area contributed by atoms with Gasteiger partial charge in [0.05, 0.1) is 20.3 Å². The lowest BCUT2D eigenvalue weighted by molar-refractivity contribution is 0.180. The van der Waals surface area contributed by atoms with Crippen LogP contribution in [0.3, 0.4) is 0 Å². The van der Waals surface area contributed by atoms with Gasteiger partial charge in [-0.3, -0.25) is 0 Å². The van der Waals surface area contributed by atoms with Gasteiger partial charge in [0.25, 0.3) is 0 Å². The minimum atomic E-state index is -0.104. The molecule has 1 aliphatic rings. The van der Waals surface area contributed by atoms with Gasteiger partial charge in [-0.15, -0.1) is 10.2 Å². The van der Waals surface area contributed by atoms with Crippen LogP contribution in [0.15, 0.2) is 18.2 Å². The Morgan fingerprint density at radius 3 is 3.12 bits per heavy atom. The van der Waals surface area contributed by atoms with Gasteiger partial charge in [-0.1, -0.05) is 23.5 Å². The maximum absolute atomic E-state index is 12.5. The standard InChI is InChI=1S/C16H21N5O3S/c1-23-12-5-2-4-11-10-21(8-3-9-24-14(11)12)16(22)18-7-6-13-19-20-15(17)25-13/h2,4-5H,3,6-10H2,1H3,(H2,17,20)(H,18,22). The molecule has 2 aromatic rings. The molecule has 1 aromatic carbocycles. The molecule has 0 atom stereocenters. The number of hydrogen-bond acceptors (Lipinski definition) is 7. The third kappa shape index (κ3) is 4.30. The number of aromatic nitrogens is 2. The van der Waals surface area contributed by atoms with E-state index in [2.05, 4.69) is 15.5 Å². The van der Waals surface area contributed by atoms with Crippen molar-refractivity contribution in [1.82, 2.24) is 20.4 Å². The molecular formula is C16H21N5O3S. The molecule has 0 fully saturated rings. The summed E-state index contributed by atoms with van der Waals surface area (Å²) in [4.78, 5) is 14.3. The molecule has 9 heteroatoms. The van der Waals surface area contributed by atoms with Gasteiger partial charge in [0.2, 0.25) is 5.13 Å². The Kier molecular flexibility index (Phi) is 5.54. The number of hydrogen-bond donors (Lipinski definition) is 2. The molecule has 8 nitrogen and oxygen atoms in total. The topological polar surface area (TPSA) is 103 Å². The Morgan fingerprint density at radius 1 is 1.48 bits per heavy atom. The van der Waals surface area contributed by atoms with Gasteiger partial charge in [0.15, 0.2) is 11.5 Å². The summed E-state index contributed by atoms with van der Waals surface area (Å²) in [7, 11) is 1.61. The Hall–Kier alpha value is -2.55. The van der Waals surface area contributed by atoms with Crippen LogP contribution in [0.5, 0.6) is 11.5 Å². The highest BCUT2D eigenvalue weighted by Gasteiger charge is 2.20. The molecule has 2 amide bonds. The van der Waals surface area contributed by atoms with E-state index in [9.17, 15) is 4.79 Å². The van der Waals surface area contributed by atoms with E-state index in [0.29, 0.717) is 49.3 Å². The van der Waals surface area contributed by atoms with Crippen molar-refractivity contribution < 1.29 is 14.3 Å². The van der Waals surface area contributed by atoms with Gasteiger partial charge in [0, 0.05) is 25.1 Å². The fourth-order valence-electron chi connectivity index (χ4n) is 2.65. The zero-order valence-corrected chi connectivity index (χ0v) is 14.8. The number of amides is 2. The molecule has 0 aliphatic carbocycles. The van der Waals surface area contributed by atoms with Crippen molar-refractivity contribution in [2.75, 3.05) is 32.5 Å². The number of nitrogen functional groups attached to an aromatic ring is 1. The minimum Gasteiger partial charge on any atom is -0.493 e. The van der Waals surface area contributed by atoms with E-state index in [-0.39, 0.29) is 6.03 Å². The lowest BCUT2D eigenvalue weighted by atomic mass is 10.1. The fourth-order valence-corrected chi connectivity index (χ4v) is 3.26. The summed E-state index contributed by atoms with van der Waals surface area (Å²) >= 11 is 1.34. The molecule has 0 unspecified atom stereocenters. The van der Waals surface area contributed by atoms with Crippen molar-refractivity contribution in [2.45, 2.75) is 19.4 Å². The monoisotopic (exact) mass is 363 g/mol. The first-order valence-electron chi connectivity index (χ1n) is 8.06. The summed E-state index contributed by atoms with van der Waals surface area (Å²) in [6.45, 7) is 2.14. The van der Waals surface area contributed by atoms with Crippen LogP contribution in [0, 0.1) is 0 Å². The van der Waals surface area contributed by atoms with Crippen LogP contribution in [0.25, 0.3) is 0 Å². The van der Waals surface area contributed by atoms with Gasteiger partial charge in [0.1, 0.15) is 5.01 Å². The molecule has 1 aromatic heterocycles. The van der Waals surface area contributed by atoms with Gasteiger partial charge in [-0.05, 0) is 12.5 Å². The summed E-state index contributed by atoms with van der Waals surface area (Å²) in [6.07, 6.45) is 1.37. The average Bonchev–Trinajstić information content (AvgIpc) is 3.00. The van der Waals surface area contributed by atoms with Crippen LogP contribution in [0.4, 0.5) is 9.93 Å². The predicted molar refractivity (Wildman–Crippen MR) is 94.9 cm³/mol. The van der Waals surface area contributed by atoms with E-state index in [4.69, 9.17) is 15.2 Å². The first kappa shape index (κ1) is 17.3. The normalized spacial score (nSPS) is 14.0. The number of nitrogens with two attached hydrogens (primary N) is 1. The van der Waals surface area contributed by atoms with Crippen LogP contribution in [0.2, 0.25) is 0 Å². The van der Waals surface area contributed by atoms with Crippen LogP contribution in [-0.4, -0.2) is 47.9 Å². The van der Waals surface area contributed by atoms with Crippen LogP contribution >= 0.6 is 11.3 Å². The Bertz CT molecular complexity index is 736. The number of methoxy groups -OCH3 is 1. The van der Waals surface area contributed by atoms with E-state index < -0.39 is 0 Å². The van der Waals surface area contributed by atoms with Crippen LogP contribution < -0.4 is 20.5 Å². The number of urea groups is 1. The van der Waals surface area contributed by atoms with E-state index in [1.54, 1.807) is 12.0 Å². The Labute approximate surface area is 149 Å². The highest BCUT2D eigenvalue weighted by Crippen LogP contribution is 2.33. The van der Waals surface area contributed by atoms with Crippen LogP contribution in [0.1, 0.15) is 17.0 Å². The first-order chi connectivity index (χ1) is 12.2.